The maximum Gasteiger partial charge on any atom is 0.428 e. The number of hydrogen-bond donors (Lipinski definition) is 1. The summed E-state index contributed by atoms with van der Waals surface area (Å²) >= 11 is 1.27. The van der Waals surface area contributed by atoms with Crippen molar-refractivity contribution >= 4 is 33.9 Å². The molecule has 0 aromatic carbocycles. The number of hydrogen-bond acceptors (Lipinski definition) is 6. The Bertz CT molecular complexity index is 1140. The number of methoxy groups -OCH3 is 1. The standard InChI is InChI=1S/C21H30N4O5S/c1-7-13-10-14(13)24-17(26)16-12(2)15(11-22-25(20(28)29)21(3,4)5)31-18(16)23(19(24)27)8-9-30-6/h11,13-14H,7-10H2,1-6H3,(H,28,29)/b22-11-. The van der Waals surface area contributed by atoms with Crippen LogP contribution in [0.15, 0.2) is 14.7 Å². The van der Waals surface area contributed by atoms with Crippen molar-refractivity contribution in [2.75, 3.05) is 13.7 Å². The summed E-state index contributed by atoms with van der Waals surface area (Å²) in [6, 6.07) is -0.0667. The maximum absolute atomic E-state index is 13.3. The van der Waals surface area contributed by atoms with Crippen LogP contribution in [0.3, 0.4) is 0 Å². The zero-order chi connectivity index (χ0) is 23.1. The highest BCUT2D eigenvalue weighted by atomic mass is 32.1. The van der Waals surface area contributed by atoms with Crippen LogP contribution in [0.5, 0.6) is 0 Å². The van der Waals surface area contributed by atoms with Crippen LogP contribution in [0.4, 0.5) is 4.79 Å². The average molecular weight is 451 g/mol. The van der Waals surface area contributed by atoms with Crippen LogP contribution in [-0.2, 0) is 11.3 Å². The molecule has 2 unspecified atom stereocenters. The fourth-order valence-electron chi connectivity index (χ4n) is 3.78. The third-order valence-corrected chi connectivity index (χ3v) is 6.90. The second-order valence-electron chi connectivity index (χ2n) is 8.85. The fourth-order valence-corrected chi connectivity index (χ4v) is 4.97. The highest BCUT2D eigenvalue weighted by Crippen LogP contribution is 2.44. The number of rotatable bonds is 7. The van der Waals surface area contributed by atoms with Crippen molar-refractivity contribution in [1.82, 2.24) is 14.1 Å². The van der Waals surface area contributed by atoms with Crippen molar-refractivity contribution in [2.45, 2.75) is 65.6 Å². The molecule has 0 aliphatic heterocycles. The third-order valence-electron chi connectivity index (χ3n) is 5.65. The van der Waals surface area contributed by atoms with Crippen LogP contribution >= 0.6 is 11.3 Å². The van der Waals surface area contributed by atoms with Crippen LogP contribution in [0.25, 0.3) is 10.2 Å². The van der Waals surface area contributed by atoms with Gasteiger partial charge in [-0.2, -0.15) is 10.1 Å². The fraction of sp³-hybridized carbons (Fsp3) is 0.619. The molecule has 1 aliphatic carbocycles. The second kappa shape index (κ2) is 8.58. The summed E-state index contributed by atoms with van der Waals surface area (Å²) in [5, 5.41) is 15.1. The van der Waals surface area contributed by atoms with E-state index in [0.717, 1.165) is 17.9 Å². The van der Waals surface area contributed by atoms with E-state index in [1.807, 2.05) is 6.92 Å². The van der Waals surface area contributed by atoms with Gasteiger partial charge in [-0.05, 0) is 45.6 Å². The zero-order valence-corrected chi connectivity index (χ0v) is 19.7. The van der Waals surface area contributed by atoms with Crippen molar-refractivity contribution in [3.63, 3.8) is 0 Å². The number of amides is 1. The Kier molecular flexibility index (Phi) is 6.43. The first-order valence-corrected chi connectivity index (χ1v) is 11.2. The predicted octanol–water partition coefficient (Wildman–Crippen LogP) is 3.26. The largest absolute Gasteiger partial charge is 0.464 e. The number of fused-ring (bicyclic) bond motifs is 1. The van der Waals surface area contributed by atoms with E-state index in [9.17, 15) is 19.5 Å². The van der Waals surface area contributed by atoms with Gasteiger partial charge in [0.15, 0.2) is 0 Å². The number of thiophene rings is 1. The van der Waals surface area contributed by atoms with Gasteiger partial charge in [0.2, 0.25) is 0 Å². The van der Waals surface area contributed by atoms with Crippen molar-refractivity contribution in [3.8, 4) is 0 Å². The minimum absolute atomic E-state index is 0.0667. The molecule has 1 aliphatic rings. The summed E-state index contributed by atoms with van der Waals surface area (Å²) in [4.78, 5) is 39.3. The van der Waals surface area contributed by atoms with Gasteiger partial charge in [0.25, 0.3) is 5.56 Å². The smallest absolute Gasteiger partial charge is 0.428 e. The lowest BCUT2D eigenvalue weighted by Crippen LogP contribution is -2.41. The van der Waals surface area contributed by atoms with Crippen molar-refractivity contribution in [1.29, 1.82) is 0 Å². The minimum atomic E-state index is -1.17. The molecule has 10 heteroatoms. The normalized spacial score (nSPS) is 18.8. The van der Waals surface area contributed by atoms with Crippen molar-refractivity contribution in [3.05, 3.63) is 31.3 Å². The maximum atomic E-state index is 13.3. The topological polar surface area (TPSA) is 106 Å². The van der Waals surface area contributed by atoms with Gasteiger partial charge in [-0.1, -0.05) is 13.3 Å². The van der Waals surface area contributed by atoms with E-state index in [1.54, 1.807) is 32.4 Å². The van der Waals surface area contributed by atoms with Crippen LogP contribution < -0.4 is 11.2 Å². The molecule has 170 valence electrons. The molecule has 9 nitrogen and oxygen atoms in total. The van der Waals surface area contributed by atoms with Crippen LogP contribution in [0.2, 0.25) is 0 Å². The molecule has 1 N–H and O–H groups in total. The molecule has 1 saturated carbocycles. The van der Waals surface area contributed by atoms with Gasteiger partial charge < -0.3 is 9.84 Å². The third kappa shape index (κ3) is 4.31. The summed E-state index contributed by atoms with van der Waals surface area (Å²) in [6.07, 6.45) is 2.05. The summed E-state index contributed by atoms with van der Waals surface area (Å²) in [5.41, 5.74) is -0.626. The molecule has 0 saturated heterocycles. The molecule has 2 aromatic rings. The number of ether oxygens (including phenoxy) is 1. The highest BCUT2D eigenvalue weighted by Gasteiger charge is 2.40. The molecule has 1 amide bonds. The number of aromatic nitrogens is 2. The van der Waals surface area contributed by atoms with E-state index in [0.29, 0.717) is 39.7 Å². The summed E-state index contributed by atoms with van der Waals surface area (Å²) in [5.74, 6) is 0.342. The van der Waals surface area contributed by atoms with E-state index in [1.165, 1.54) is 22.1 Å². The molecule has 0 spiro atoms. The van der Waals surface area contributed by atoms with E-state index in [-0.39, 0.29) is 17.3 Å². The highest BCUT2D eigenvalue weighted by molar-refractivity contribution is 7.20. The summed E-state index contributed by atoms with van der Waals surface area (Å²) in [6.45, 7) is 9.78. The molecular formula is C21H30N4O5S. The lowest BCUT2D eigenvalue weighted by atomic mass is 10.1. The first kappa shape index (κ1) is 23.2. The van der Waals surface area contributed by atoms with Gasteiger partial charge in [-0.3, -0.25) is 13.9 Å². The Hall–Kier alpha value is -2.46. The van der Waals surface area contributed by atoms with Gasteiger partial charge in [-0.25, -0.2) is 9.59 Å². The monoisotopic (exact) mass is 450 g/mol. The number of carbonyl (C=O) groups is 1. The van der Waals surface area contributed by atoms with Gasteiger partial charge in [0, 0.05) is 13.2 Å². The quantitative estimate of drug-likeness (QED) is 0.515. The summed E-state index contributed by atoms with van der Waals surface area (Å²) < 4.78 is 8.17. The molecule has 0 radical (unpaired) electrons. The lowest BCUT2D eigenvalue weighted by Gasteiger charge is -2.27. The van der Waals surface area contributed by atoms with Gasteiger partial charge in [-0.15, -0.1) is 11.3 Å². The SMILES string of the molecule is CCC1CC1n1c(=O)c2c(C)c(/C=N\N(C(=O)O)C(C)(C)C)sc2n(CCOC)c1=O. The molecule has 2 heterocycles. The van der Waals surface area contributed by atoms with E-state index in [2.05, 4.69) is 12.0 Å². The first-order chi connectivity index (χ1) is 14.5. The molecule has 3 rings (SSSR count). The molecule has 31 heavy (non-hydrogen) atoms. The molecule has 1 fully saturated rings. The molecule has 0 bridgehead atoms. The van der Waals surface area contributed by atoms with Crippen LogP contribution in [0, 0.1) is 12.8 Å². The Morgan fingerprint density at radius 1 is 1.39 bits per heavy atom. The number of hydrazone groups is 1. The van der Waals surface area contributed by atoms with E-state index >= 15 is 0 Å². The van der Waals surface area contributed by atoms with Gasteiger partial charge >= 0.3 is 11.8 Å². The second-order valence-corrected chi connectivity index (χ2v) is 9.89. The van der Waals surface area contributed by atoms with Gasteiger partial charge in [0.1, 0.15) is 4.83 Å². The molecular weight excluding hydrogens is 420 g/mol. The minimum Gasteiger partial charge on any atom is -0.464 e. The number of aryl methyl sites for hydroxylation is 1. The molecule has 2 atom stereocenters. The predicted molar refractivity (Wildman–Crippen MR) is 122 cm³/mol. The first-order valence-electron chi connectivity index (χ1n) is 10.4. The number of nitrogens with zero attached hydrogens (tertiary/aromatic N) is 4. The number of carboxylic acid groups (broad SMARTS) is 1. The van der Waals surface area contributed by atoms with Gasteiger partial charge in [0.05, 0.1) is 35.2 Å². The van der Waals surface area contributed by atoms with Crippen LogP contribution in [0.1, 0.15) is 57.0 Å². The van der Waals surface area contributed by atoms with Crippen molar-refractivity contribution < 1.29 is 14.6 Å². The van der Waals surface area contributed by atoms with E-state index < -0.39 is 11.6 Å². The Labute approximate surface area is 184 Å². The van der Waals surface area contributed by atoms with Crippen LogP contribution in [-0.4, -0.2) is 50.8 Å². The van der Waals surface area contributed by atoms with Crippen molar-refractivity contribution in [2.24, 2.45) is 11.0 Å². The lowest BCUT2D eigenvalue weighted by molar-refractivity contribution is 0.103. The summed E-state index contributed by atoms with van der Waals surface area (Å²) in [7, 11) is 1.57. The average Bonchev–Trinajstić information content (AvgIpc) is 3.37. The zero-order valence-electron chi connectivity index (χ0n) is 18.8. The Balaban J connectivity index is 2.19. The molecule has 2 aromatic heterocycles. The Morgan fingerprint density at radius 3 is 2.58 bits per heavy atom. The van der Waals surface area contributed by atoms with E-state index in [4.69, 9.17) is 4.74 Å². The Morgan fingerprint density at radius 2 is 2.06 bits per heavy atom.